The number of amides is 1. The maximum Gasteiger partial charge on any atom is 0.243 e. The zero-order valence-corrected chi connectivity index (χ0v) is 19.7. The summed E-state index contributed by atoms with van der Waals surface area (Å²) in [6, 6.07) is 11.4. The number of piperidine rings is 1. The molecule has 2 aromatic rings. The molecule has 1 saturated heterocycles. The maximum atomic E-state index is 14.0. The topological polar surface area (TPSA) is 66.5 Å². The number of carbonyl (C=O) groups is 1. The molecule has 1 aliphatic rings. The molecule has 1 amide bonds. The monoisotopic (exact) mass is 496 g/mol. The van der Waals surface area contributed by atoms with Crippen LogP contribution in [0.5, 0.6) is 0 Å². The highest BCUT2D eigenvalue weighted by molar-refractivity contribution is 9.10. The summed E-state index contributed by atoms with van der Waals surface area (Å²) >= 11 is 3.18. The van der Waals surface area contributed by atoms with Gasteiger partial charge < -0.3 is 5.32 Å². The molecule has 5 nitrogen and oxygen atoms in total. The quantitative estimate of drug-likeness (QED) is 0.652. The van der Waals surface area contributed by atoms with Crippen molar-refractivity contribution in [1.29, 1.82) is 0 Å². The molecule has 162 valence electrons. The average molecular weight is 497 g/mol. The van der Waals surface area contributed by atoms with E-state index in [4.69, 9.17) is 0 Å². The second kappa shape index (κ2) is 8.77. The van der Waals surface area contributed by atoms with E-state index in [9.17, 15) is 17.6 Å². The van der Waals surface area contributed by atoms with Crippen molar-refractivity contribution < 1.29 is 17.6 Å². The van der Waals surface area contributed by atoms with Gasteiger partial charge in [-0.05, 0) is 54.2 Å². The van der Waals surface area contributed by atoms with Crippen LogP contribution in [0.25, 0.3) is 0 Å². The van der Waals surface area contributed by atoms with Gasteiger partial charge in [0.15, 0.2) is 0 Å². The van der Waals surface area contributed by atoms with E-state index in [0.717, 1.165) is 5.56 Å². The highest BCUT2D eigenvalue weighted by atomic mass is 79.9. The molecule has 0 aliphatic carbocycles. The van der Waals surface area contributed by atoms with Gasteiger partial charge >= 0.3 is 0 Å². The molecule has 30 heavy (non-hydrogen) atoms. The van der Waals surface area contributed by atoms with Gasteiger partial charge in [0.2, 0.25) is 15.9 Å². The maximum absolute atomic E-state index is 14.0. The summed E-state index contributed by atoms with van der Waals surface area (Å²) in [6.45, 7) is 6.74. The Balaban J connectivity index is 1.63. The number of nitrogens with zero attached hydrogens (tertiary/aromatic N) is 1. The molecule has 8 heteroatoms. The lowest BCUT2D eigenvalue weighted by Crippen LogP contribution is -2.41. The molecule has 0 bridgehead atoms. The summed E-state index contributed by atoms with van der Waals surface area (Å²) in [6.07, 6.45) is 0.784. The van der Waals surface area contributed by atoms with Crippen molar-refractivity contribution in [1.82, 2.24) is 4.31 Å². The average Bonchev–Trinajstić information content (AvgIpc) is 2.69. The molecule has 0 unspecified atom stereocenters. The number of hydrogen-bond acceptors (Lipinski definition) is 3. The second-order valence-corrected chi connectivity index (χ2v) is 11.4. The van der Waals surface area contributed by atoms with Gasteiger partial charge in [-0.15, -0.1) is 0 Å². The zero-order chi connectivity index (χ0) is 22.1. The Bertz CT molecular complexity index is 1030. The molecule has 3 rings (SSSR count). The second-order valence-electron chi connectivity index (χ2n) is 8.57. The largest absolute Gasteiger partial charge is 0.323 e. The molecule has 0 saturated carbocycles. The summed E-state index contributed by atoms with van der Waals surface area (Å²) in [7, 11) is -3.61. The van der Waals surface area contributed by atoms with E-state index < -0.39 is 15.8 Å². The number of halogens is 2. The fraction of sp³-hybridized carbons (Fsp3) is 0.409. The van der Waals surface area contributed by atoms with Crippen LogP contribution < -0.4 is 5.32 Å². The van der Waals surface area contributed by atoms with Crippen LogP contribution in [0.2, 0.25) is 0 Å². The third-order valence-corrected chi connectivity index (χ3v) is 7.78. The number of anilines is 1. The molecule has 2 aromatic carbocycles. The lowest BCUT2D eigenvalue weighted by molar-refractivity contribution is -0.120. The first-order valence-corrected chi connectivity index (χ1v) is 12.1. The Labute approximate surface area is 185 Å². The minimum atomic E-state index is -3.61. The van der Waals surface area contributed by atoms with Crippen LogP contribution in [0.4, 0.5) is 10.1 Å². The molecule has 1 heterocycles. The molecule has 0 atom stereocenters. The Morgan fingerprint density at radius 2 is 1.70 bits per heavy atom. The molecule has 1 N–H and O–H groups in total. The van der Waals surface area contributed by atoms with Crippen molar-refractivity contribution in [3.8, 4) is 0 Å². The van der Waals surface area contributed by atoms with E-state index in [-0.39, 0.29) is 40.9 Å². The summed E-state index contributed by atoms with van der Waals surface area (Å²) in [5.74, 6) is -1.16. The van der Waals surface area contributed by atoms with Gasteiger partial charge in [-0.25, -0.2) is 12.8 Å². The van der Waals surface area contributed by atoms with Crippen LogP contribution in [0.1, 0.15) is 39.2 Å². The van der Waals surface area contributed by atoms with E-state index in [0.29, 0.717) is 17.3 Å². The van der Waals surface area contributed by atoms with Gasteiger partial charge in [-0.1, -0.05) is 48.8 Å². The first-order chi connectivity index (χ1) is 14.0. The van der Waals surface area contributed by atoms with E-state index in [1.807, 2.05) is 12.1 Å². The van der Waals surface area contributed by atoms with Crippen molar-refractivity contribution in [3.05, 3.63) is 58.3 Å². The third-order valence-electron chi connectivity index (χ3n) is 5.37. The van der Waals surface area contributed by atoms with Gasteiger partial charge in [-0.2, -0.15) is 4.31 Å². The molecule has 0 radical (unpaired) electrons. The summed E-state index contributed by atoms with van der Waals surface area (Å²) in [5.41, 5.74) is 1.14. The normalized spacial score (nSPS) is 16.4. The lowest BCUT2D eigenvalue weighted by Gasteiger charge is -2.30. The fourth-order valence-corrected chi connectivity index (χ4v) is 5.26. The predicted octanol–water partition coefficient (Wildman–Crippen LogP) is 4.93. The Hall–Kier alpha value is -1.77. The summed E-state index contributed by atoms with van der Waals surface area (Å²) in [4.78, 5) is 12.8. The van der Waals surface area contributed by atoms with Crippen LogP contribution in [-0.2, 0) is 20.2 Å². The first-order valence-electron chi connectivity index (χ1n) is 9.85. The minimum Gasteiger partial charge on any atom is -0.323 e. The Morgan fingerprint density at radius 1 is 1.10 bits per heavy atom. The van der Waals surface area contributed by atoms with Crippen molar-refractivity contribution in [3.63, 3.8) is 0 Å². The number of rotatable bonds is 4. The lowest BCUT2D eigenvalue weighted by atomic mass is 9.87. The molecule has 0 spiro atoms. The van der Waals surface area contributed by atoms with Crippen LogP contribution in [0, 0.1) is 11.7 Å². The molecular formula is C22H26BrFN2O3S. The molecule has 1 aliphatic heterocycles. The predicted molar refractivity (Wildman–Crippen MR) is 119 cm³/mol. The smallest absolute Gasteiger partial charge is 0.243 e. The Kier molecular flexibility index (Phi) is 6.69. The molecular weight excluding hydrogens is 471 g/mol. The van der Waals surface area contributed by atoms with Crippen LogP contribution >= 0.6 is 15.9 Å². The zero-order valence-electron chi connectivity index (χ0n) is 17.3. The Morgan fingerprint density at radius 3 is 2.23 bits per heavy atom. The van der Waals surface area contributed by atoms with Gasteiger partial charge in [-0.3, -0.25) is 4.79 Å². The number of benzene rings is 2. The summed E-state index contributed by atoms with van der Waals surface area (Å²) in [5, 5.41) is 2.61. The summed E-state index contributed by atoms with van der Waals surface area (Å²) < 4.78 is 41.9. The van der Waals surface area contributed by atoms with E-state index in [2.05, 4.69) is 42.0 Å². The number of nitrogens with one attached hydrogen (secondary N) is 1. The fourth-order valence-electron chi connectivity index (χ4n) is 3.46. The standard InChI is InChI=1S/C22H26BrFN2O3S/c1-22(2,3)16-4-7-18(8-5-16)30(28,29)26-12-10-15(11-13-26)21(27)25-20-9-6-17(23)14-19(20)24/h4-9,14-15H,10-13H2,1-3H3,(H,25,27). The highest BCUT2D eigenvalue weighted by Gasteiger charge is 2.32. The molecule has 1 fully saturated rings. The third kappa shape index (κ3) is 5.10. The van der Waals surface area contributed by atoms with Gasteiger partial charge in [0, 0.05) is 23.5 Å². The van der Waals surface area contributed by atoms with Crippen LogP contribution in [0.3, 0.4) is 0 Å². The van der Waals surface area contributed by atoms with Gasteiger partial charge in [0.25, 0.3) is 0 Å². The van der Waals surface area contributed by atoms with Gasteiger partial charge in [0.1, 0.15) is 5.82 Å². The minimum absolute atomic E-state index is 0.0533. The van der Waals surface area contributed by atoms with Crippen molar-refractivity contribution in [2.24, 2.45) is 5.92 Å². The number of hydrogen-bond donors (Lipinski definition) is 1. The van der Waals surface area contributed by atoms with E-state index in [1.165, 1.54) is 16.4 Å². The van der Waals surface area contributed by atoms with Crippen molar-refractivity contribution in [2.75, 3.05) is 18.4 Å². The number of sulfonamides is 1. The number of carbonyl (C=O) groups excluding carboxylic acids is 1. The highest BCUT2D eigenvalue weighted by Crippen LogP contribution is 2.28. The van der Waals surface area contributed by atoms with Gasteiger partial charge in [0.05, 0.1) is 10.6 Å². The van der Waals surface area contributed by atoms with E-state index in [1.54, 1.807) is 18.2 Å². The first kappa shape index (κ1) is 22.9. The van der Waals surface area contributed by atoms with E-state index >= 15 is 0 Å². The van der Waals surface area contributed by atoms with Crippen LogP contribution in [-0.4, -0.2) is 31.7 Å². The van der Waals surface area contributed by atoms with Crippen LogP contribution in [0.15, 0.2) is 51.8 Å². The van der Waals surface area contributed by atoms with Crippen molar-refractivity contribution in [2.45, 2.75) is 43.9 Å². The SMILES string of the molecule is CC(C)(C)c1ccc(S(=O)(=O)N2CCC(C(=O)Nc3ccc(Br)cc3F)CC2)cc1. The molecule has 0 aromatic heterocycles. The van der Waals surface area contributed by atoms with Crippen molar-refractivity contribution >= 4 is 37.5 Å².